The van der Waals surface area contributed by atoms with Gasteiger partial charge in [0.15, 0.2) is 6.61 Å². The van der Waals surface area contributed by atoms with Gasteiger partial charge in [0, 0.05) is 27.9 Å². The lowest BCUT2D eigenvalue weighted by atomic mass is 9.90. The third-order valence-corrected chi connectivity index (χ3v) is 5.96. The van der Waals surface area contributed by atoms with Gasteiger partial charge in [0.05, 0.1) is 6.42 Å². The van der Waals surface area contributed by atoms with Crippen LogP contribution in [0, 0.1) is 6.92 Å². The molecule has 7 heteroatoms. The second-order valence-corrected chi connectivity index (χ2v) is 8.05. The van der Waals surface area contributed by atoms with Crippen LogP contribution in [0.2, 0.25) is 0 Å². The Morgan fingerprint density at radius 3 is 2.77 bits per heavy atom. The Morgan fingerprint density at radius 1 is 1.13 bits per heavy atom. The van der Waals surface area contributed by atoms with E-state index in [9.17, 15) is 14.4 Å². The highest BCUT2D eigenvalue weighted by molar-refractivity contribution is 6.00. The number of carbonyl (C=O) groups is 2. The molecule has 1 aliphatic carbocycles. The van der Waals surface area contributed by atoms with Gasteiger partial charge in [0.1, 0.15) is 11.3 Å². The lowest BCUT2D eigenvalue weighted by molar-refractivity contribution is -0.118. The molecule has 2 amide bonds. The molecule has 1 aliphatic heterocycles. The summed E-state index contributed by atoms with van der Waals surface area (Å²) in [6, 6.07) is 9.03. The lowest BCUT2D eigenvalue weighted by Crippen LogP contribution is -2.20. The number of carbonyl (C=O) groups excluding carboxylic acids is 2. The molecule has 0 unspecified atom stereocenters. The Hall–Kier alpha value is -3.61. The zero-order valence-corrected chi connectivity index (χ0v) is 17.2. The molecule has 0 spiro atoms. The minimum absolute atomic E-state index is 0.0542. The fourth-order valence-corrected chi connectivity index (χ4v) is 4.43. The number of hydrogen-bond acceptors (Lipinski definition) is 5. The van der Waals surface area contributed by atoms with Gasteiger partial charge in [-0.1, -0.05) is 0 Å². The molecule has 2 aliphatic rings. The topological polar surface area (TPSA) is 97.6 Å². The van der Waals surface area contributed by atoms with Gasteiger partial charge in [0.25, 0.3) is 5.91 Å². The maximum absolute atomic E-state index is 12.4. The van der Waals surface area contributed by atoms with Crippen molar-refractivity contribution in [2.24, 2.45) is 0 Å². The first-order valence-electron chi connectivity index (χ1n) is 10.4. The highest BCUT2D eigenvalue weighted by Crippen LogP contribution is 2.32. The molecular weight excluding hydrogens is 396 g/mol. The first kappa shape index (κ1) is 19.4. The second-order valence-electron chi connectivity index (χ2n) is 8.05. The van der Waals surface area contributed by atoms with E-state index in [0.29, 0.717) is 29.0 Å². The van der Waals surface area contributed by atoms with E-state index in [1.165, 1.54) is 0 Å². The summed E-state index contributed by atoms with van der Waals surface area (Å²) in [7, 11) is 0. The van der Waals surface area contributed by atoms with Crippen LogP contribution in [0.1, 0.15) is 35.1 Å². The third-order valence-electron chi connectivity index (χ3n) is 5.96. The Labute approximate surface area is 178 Å². The fraction of sp³-hybridized carbons (Fsp3) is 0.292. The summed E-state index contributed by atoms with van der Waals surface area (Å²) in [6.07, 6.45) is 4.02. The van der Waals surface area contributed by atoms with E-state index in [1.807, 2.05) is 19.1 Å². The zero-order valence-electron chi connectivity index (χ0n) is 17.2. The van der Waals surface area contributed by atoms with E-state index in [-0.39, 0.29) is 24.0 Å². The number of hydrogen-bond donors (Lipinski definition) is 2. The maximum Gasteiger partial charge on any atom is 0.339 e. The van der Waals surface area contributed by atoms with Gasteiger partial charge in [-0.25, -0.2) is 4.79 Å². The van der Waals surface area contributed by atoms with E-state index in [4.69, 9.17) is 9.15 Å². The molecule has 158 valence electrons. The molecule has 5 rings (SSSR count). The summed E-state index contributed by atoms with van der Waals surface area (Å²) in [5.41, 5.74) is 5.06. The molecule has 2 heterocycles. The van der Waals surface area contributed by atoms with Crippen LogP contribution in [0.5, 0.6) is 5.75 Å². The average molecular weight is 418 g/mol. The van der Waals surface area contributed by atoms with Crippen LogP contribution in [0.3, 0.4) is 0 Å². The summed E-state index contributed by atoms with van der Waals surface area (Å²) < 4.78 is 11.3. The molecule has 31 heavy (non-hydrogen) atoms. The first-order chi connectivity index (χ1) is 15.0. The minimum atomic E-state index is -0.316. The van der Waals surface area contributed by atoms with Gasteiger partial charge in [0.2, 0.25) is 5.91 Å². The second kappa shape index (κ2) is 7.58. The number of benzene rings is 2. The van der Waals surface area contributed by atoms with Crippen LogP contribution in [0.4, 0.5) is 11.4 Å². The van der Waals surface area contributed by atoms with E-state index in [1.54, 1.807) is 18.2 Å². The van der Waals surface area contributed by atoms with Gasteiger partial charge in [-0.15, -0.1) is 0 Å². The Bertz CT molecular complexity index is 1290. The van der Waals surface area contributed by atoms with E-state index >= 15 is 0 Å². The van der Waals surface area contributed by atoms with E-state index < -0.39 is 0 Å². The molecule has 0 radical (unpaired) electrons. The van der Waals surface area contributed by atoms with Gasteiger partial charge >= 0.3 is 5.63 Å². The van der Waals surface area contributed by atoms with Crippen molar-refractivity contribution in [3.8, 4) is 5.75 Å². The molecule has 2 N–H and O–H groups in total. The van der Waals surface area contributed by atoms with Crippen LogP contribution < -0.4 is 21.0 Å². The smallest absolute Gasteiger partial charge is 0.339 e. The number of nitrogens with one attached hydrogen (secondary N) is 2. The van der Waals surface area contributed by atoms with Crippen LogP contribution >= 0.6 is 0 Å². The Balaban J connectivity index is 1.32. The third kappa shape index (κ3) is 3.56. The van der Waals surface area contributed by atoms with Gasteiger partial charge in [-0.05, 0) is 74.1 Å². The monoisotopic (exact) mass is 418 g/mol. The van der Waals surface area contributed by atoms with E-state index in [0.717, 1.165) is 53.4 Å². The molecule has 7 nitrogen and oxygen atoms in total. The van der Waals surface area contributed by atoms with Crippen molar-refractivity contribution in [2.45, 2.75) is 39.0 Å². The summed E-state index contributed by atoms with van der Waals surface area (Å²) in [5, 5.41) is 6.50. The predicted octanol–water partition coefficient (Wildman–Crippen LogP) is 3.49. The van der Waals surface area contributed by atoms with Crippen molar-refractivity contribution < 1.29 is 18.7 Å². The van der Waals surface area contributed by atoms with Crippen LogP contribution in [-0.2, 0) is 28.9 Å². The van der Waals surface area contributed by atoms with Crippen molar-refractivity contribution in [2.75, 3.05) is 17.2 Å². The highest BCUT2D eigenvalue weighted by atomic mass is 16.5. The first-order valence-corrected chi connectivity index (χ1v) is 10.4. The quantitative estimate of drug-likeness (QED) is 0.632. The molecule has 0 saturated carbocycles. The molecule has 1 aromatic heterocycles. The highest BCUT2D eigenvalue weighted by Gasteiger charge is 2.21. The fourth-order valence-electron chi connectivity index (χ4n) is 4.43. The van der Waals surface area contributed by atoms with E-state index in [2.05, 4.69) is 10.6 Å². The SMILES string of the molecule is Cc1c(OCC(=O)Nc2ccc3c(c2)CC(=O)N3)ccc2c3c(c(=O)oc12)CCCC3. The number of amides is 2. The predicted molar refractivity (Wildman–Crippen MR) is 117 cm³/mol. The largest absolute Gasteiger partial charge is 0.483 e. The maximum atomic E-state index is 12.4. The molecule has 0 saturated heterocycles. The number of anilines is 2. The summed E-state index contributed by atoms with van der Waals surface area (Å²) >= 11 is 0. The van der Waals surface area contributed by atoms with Gasteiger partial charge in [-0.2, -0.15) is 0 Å². The molecule has 3 aromatic rings. The molecule has 0 atom stereocenters. The van der Waals surface area contributed by atoms with Crippen LogP contribution in [0.15, 0.2) is 39.5 Å². The molecular formula is C24H22N2O5. The molecule has 2 aromatic carbocycles. The zero-order chi connectivity index (χ0) is 21.5. The standard InChI is InChI=1S/C24H22N2O5/c1-13-20(9-7-17-16-4-2-3-5-18(16)24(29)31-23(13)17)30-12-22(28)25-15-6-8-19-14(10-15)11-21(27)26-19/h6-10H,2-5,11-12H2,1H3,(H,25,28)(H,26,27). The van der Waals surface area contributed by atoms with Crippen molar-refractivity contribution in [1.82, 2.24) is 0 Å². The average Bonchev–Trinajstić information content (AvgIpc) is 3.13. The normalized spacial score (nSPS) is 14.7. The number of aryl methyl sites for hydroxylation is 2. The number of rotatable bonds is 4. The molecule has 0 fully saturated rings. The minimum Gasteiger partial charge on any atom is -0.483 e. The summed E-state index contributed by atoms with van der Waals surface area (Å²) in [5.74, 6) is 0.135. The van der Waals surface area contributed by atoms with Gasteiger partial charge < -0.3 is 19.8 Å². The van der Waals surface area contributed by atoms with Gasteiger partial charge in [-0.3, -0.25) is 9.59 Å². The number of fused-ring (bicyclic) bond motifs is 4. The van der Waals surface area contributed by atoms with Crippen LogP contribution in [0.25, 0.3) is 11.0 Å². The van der Waals surface area contributed by atoms with Crippen molar-refractivity contribution >= 4 is 34.2 Å². The Kier molecular flexibility index (Phi) is 4.73. The van der Waals surface area contributed by atoms with Crippen molar-refractivity contribution in [3.63, 3.8) is 0 Å². The lowest BCUT2D eigenvalue weighted by Gasteiger charge is -2.18. The number of ether oxygens (including phenoxy) is 1. The Morgan fingerprint density at radius 2 is 1.94 bits per heavy atom. The van der Waals surface area contributed by atoms with Crippen molar-refractivity contribution in [1.29, 1.82) is 0 Å². The van der Waals surface area contributed by atoms with Crippen molar-refractivity contribution in [3.05, 3.63) is 63.0 Å². The summed E-state index contributed by atoms with van der Waals surface area (Å²) in [6.45, 7) is 1.65. The summed E-state index contributed by atoms with van der Waals surface area (Å²) in [4.78, 5) is 36.3. The van der Waals surface area contributed by atoms with Crippen LogP contribution in [-0.4, -0.2) is 18.4 Å². The molecule has 0 bridgehead atoms.